The Labute approximate surface area is 190 Å². The van der Waals surface area contributed by atoms with Gasteiger partial charge in [-0.1, -0.05) is 18.2 Å². The molecule has 0 atom stereocenters. The summed E-state index contributed by atoms with van der Waals surface area (Å²) in [7, 11) is 0. The topological polar surface area (TPSA) is 117 Å². The minimum atomic E-state index is 0.382. The number of nitrogen functional groups attached to an aromatic ring is 1. The van der Waals surface area contributed by atoms with Gasteiger partial charge >= 0.3 is 0 Å². The summed E-state index contributed by atoms with van der Waals surface area (Å²) in [5.41, 5.74) is 8.19. The third-order valence-electron chi connectivity index (χ3n) is 5.34. The molecule has 0 amide bonds. The van der Waals surface area contributed by atoms with Crippen molar-refractivity contribution in [2.45, 2.75) is 26.2 Å². The maximum absolute atomic E-state index is 9.55. The summed E-state index contributed by atoms with van der Waals surface area (Å²) in [6, 6.07) is 11.8. The third-order valence-corrected chi connectivity index (χ3v) is 5.34. The van der Waals surface area contributed by atoms with E-state index in [0.29, 0.717) is 30.0 Å². The molecule has 1 fully saturated rings. The van der Waals surface area contributed by atoms with Gasteiger partial charge in [0, 0.05) is 32.7 Å². The SMILES string of the molecule is CCNC(=NCCCc1nn(-c2ccccc2)c(N)c1C#N)NCCCN1CCOCC1. The molecule has 0 bridgehead atoms. The van der Waals surface area contributed by atoms with E-state index < -0.39 is 0 Å². The van der Waals surface area contributed by atoms with Gasteiger partial charge in [0.1, 0.15) is 17.5 Å². The van der Waals surface area contributed by atoms with Gasteiger partial charge in [0.05, 0.1) is 24.6 Å². The van der Waals surface area contributed by atoms with Gasteiger partial charge in [0.2, 0.25) is 0 Å². The van der Waals surface area contributed by atoms with Crippen LogP contribution in [0.2, 0.25) is 0 Å². The van der Waals surface area contributed by atoms with Crippen LogP contribution in [0.5, 0.6) is 0 Å². The fourth-order valence-corrected chi connectivity index (χ4v) is 3.65. The Hall–Kier alpha value is -3.09. The highest BCUT2D eigenvalue weighted by Crippen LogP contribution is 2.21. The molecule has 0 aliphatic carbocycles. The first-order chi connectivity index (χ1) is 15.7. The molecule has 2 aromatic rings. The summed E-state index contributed by atoms with van der Waals surface area (Å²) in [4.78, 5) is 7.10. The van der Waals surface area contributed by atoms with E-state index >= 15 is 0 Å². The number of aryl methyl sites for hydroxylation is 1. The monoisotopic (exact) mass is 438 g/mol. The lowest BCUT2D eigenvalue weighted by Gasteiger charge is -2.26. The highest BCUT2D eigenvalue weighted by Gasteiger charge is 2.16. The summed E-state index contributed by atoms with van der Waals surface area (Å²) in [6.45, 7) is 9.15. The predicted molar refractivity (Wildman–Crippen MR) is 127 cm³/mol. The van der Waals surface area contributed by atoms with E-state index in [4.69, 9.17) is 10.5 Å². The van der Waals surface area contributed by atoms with Gasteiger partial charge in [-0.15, -0.1) is 0 Å². The van der Waals surface area contributed by atoms with Crippen molar-refractivity contribution in [3.8, 4) is 11.8 Å². The molecule has 3 rings (SSSR count). The molecule has 1 aliphatic rings. The zero-order valence-electron chi connectivity index (χ0n) is 18.9. The summed E-state index contributed by atoms with van der Waals surface area (Å²) >= 11 is 0. The predicted octanol–water partition coefficient (Wildman–Crippen LogP) is 1.54. The maximum Gasteiger partial charge on any atom is 0.191 e. The average Bonchev–Trinajstić information content (AvgIpc) is 3.15. The van der Waals surface area contributed by atoms with E-state index in [9.17, 15) is 5.26 Å². The van der Waals surface area contributed by atoms with Crippen LogP contribution >= 0.6 is 0 Å². The zero-order valence-corrected chi connectivity index (χ0v) is 18.9. The molecular weight excluding hydrogens is 404 g/mol. The van der Waals surface area contributed by atoms with E-state index in [0.717, 1.165) is 70.4 Å². The highest BCUT2D eigenvalue weighted by atomic mass is 16.5. The fraction of sp³-hybridized carbons (Fsp3) is 0.522. The van der Waals surface area contributed by atoms with Gasteiger partial charge in [-0.05, 0) is 44.9 Å². The second kappa shape index (κ2) is 12.7. The van der Waals surface area contributed by atoms with Crippen LogP contribution in [0.25, 0.3) is 5.69 Å². The standard InChI is InChI=1S/C23H34N8O/c1-2-26-23(28-12-7-13-30-14-16-32-17-15-30)27-11-6-10-21-20(18-24)22(25)31(29-21)19-8-4-3-5-9-19/h3-5,8-9H,2,6-7,10-17,25H2,1H3,(H2,26,27,28). The number of nitriles is 1. The van der Waals surface area contributed by atoms with E-state index in [2.05, 4.69) is 38.6 Å². The normalized spacial score (nSPS) is 14.8. The van der Waals surface area contributed by atoms with Crippen LogP contribution in [0.1, 0.15) is 31.0 Å². The number of nitrogens with one attached hydrogen (secondary N) is 2. The van der Waals surface area contributed by atoms with Crippen LogP contribution in [0, 0.1) is 11.3 Å². The summed E-state index contributed by atoms with van der Waals surface area (Å²) < 4.78 is 7.03. The fourth-order valence-electron chi connectivity index (χ4n) is 3.65. The number of aliphatic imine (C=N–C) groups is 1. The van der Waals surface area contributed by atoms with Crippen molar-refractivity contribution in [1.82, 2.24) is 25.3 Å². The zero-order chi connectivity index (χ0) is 22.6. The van der Waals surface area contributed by atoms with Crippen LogP contribution in [-0.4, -0.2) is 73.1 Å². The number of hydrogen-bond donors (Lipinski definition) is 3. The lowest BCUT2D eigenvalue weighted by Crippen LogP contribution is -2.40. The molecule has 1 aliphatic heterocycles. The van der Waals surface area contributed by atoms with Crippen molar-refractivity contribution in [1.29, 1.82) is 5.26 Å². The number of nitrogens with two attached hydrogens (primary N) is 1. The van der Waals surface area contributed by atoms with E-state index in [1.54, 1.807) is 4.68 Å². The number of rotatable bonds is 10. The van der Waals surface area contributed by atoms with Gasteiger partial charge in [-0.2, -0.15) is 10.4 Å². The molecule has 9 nitrogen and oxygen atoms in total. The first kappa shape index (κ1) is 23.6. The van der Waals surface area contributed by atoms with Crippen molar-refractivity contribution in [3.05, 3.63) is 41.6 Å². The van der Waals surface area contributed by atoms with Crippen molar-refractivity contribution < 1.29 is 4.74 Å². The molecule has 172 valence electrons. The Morgan fingerprint density at radius 1 is 1.22 bits per heavy atom. The number of ether oxygens (including phenoxy) is 1. The number of aromatic nitrogens is 2. The summed E-state index contributed by atoms with van der Waals surface area (Å²) in [6.07, 6.45) is 2.49. The third kappa shape index (κ3) is 6.70. The van der Waals surface area contributed by atoms with Crippen molar-refractivity contribution in [3.63, 3.8) is 0 Å². The lowest BCUT2D eigenvalue weighted by molar-refractivity contribution is 0.0376. The molecule has 0 spiro atoms. The average molecular weight is 439 g/mol. The minimum Gasteiger partial charge on any atom is -0.382 e. The Balaban J connectivity index is 1.48. The number of hydrogen-bond acceptors (Lipinski definition) is 6. The maximum atomic E-state index is 9.55. The summed E-state index contributed by atoms with van der Waals surface area (Å²) in [5.74, 6) is 1.21. The molecule has 2 heterocycles. The van der Waals surface area contributed by atoms with Crippen molar-refractivity contribution in [2.24, 2.45) is 4.99 Å². The number of morpholine rings is 1. The molecule has 32 heavy (non-hydrogen) atoms. The largest absolute Gasteiger partial charge is 0.382 e. The minimum absolute atomic E-state index is 0.382. The first-order valence-electron chi connectivity index (χ1n) is 11.4. The number of nitrogens with zero attached hydrogens (tertiary/aromatic N) is 5. The Morgan fingerprint density at radius 3 is 2.72 bits per heavy atom. The van der Waals surface area contributed by atoms with Gasteiger partial charge in [-0.25, -0.2) is 4.68 Å². The van der Waals surface area contributed by atoms with Crippen molar-refractivity contribution in [2.75, 3.05) is 58.2 Å². The molecule has 0 radical (unpaired) electrons. The second-order valence-corrected chi connectivity index (χ2v) is 7.66. The molecule has 0 unspecified atom stereocenters. The molecular formula is C23H34N8O. The Morgan fingerprint density at radius 2 is 2.00 bits per heavy atom. The number of anilines is 1. The van der Waals surface area contributed by atoms with Gasteiger partial charge in [0.25, 0.3) is 0 Å². The van der Waals surface area contributed by atoms with E-state index in [-0.39, 0.29) is 0 Å². The molecule has 1 aromatic heterocycles. The van der Waals surface area contributed by atoms with Gasteiger partial charge < -0.3 is 21.1 Å². The summed E-state index contributed by atoms with van der Waals surface area (Å²) in [5, 5.41) is 20.8. The second-order valence-electron chi connectivity index (χ2n) is 7.66. The number of guanidine groups is 1. The first-order valence-corrected chi connectivity index (χ1v) is 11.4. The quantitative estimate of drug-likeness (QED) is 0.293. The van der Waals surface area contributed by atoms with Crippen LogP contribution < -0.4 is 16.4 Å². The van der Waals surface area contributed by atoms with Crippen LogP contribution in [0.4, 0.5) is 5.82 Å². The van der Waals surface area contributed by atoms with Crippen LogP contribution in [-0.2, 0) is 11.2 Å². The Kier molecular flexibility index (Phi) is 9.35. The molecule has 9 heteroatoms. The number of para-hydroxylation sites is 1. The molecule has 1 saturated heterocycles. The molecule has 1 aromatic carbocycles. The smallest absolute Gasteiger partial charge is 0.191 e. The molecule has 0 saturated carbocycles. The Bertz CT molecular complexity index is 897. The molecule has 4 N–H and O–H groups in total. The van der Waals surface area contributed by atoms with Gasteiger partial charge in [0.15, 0.2) is 5.96 Å². The van der Waals surface area contributed by atoms with Crippen LogP contribution in [0.3, 0.4) is 0 Å². The van der Waals surface area contributed by atoms with E-state index in [1.165, 1.54) is 0 Å². The van der Waals surface area contributed by atoms with Crippen molar-refractivity contribution >= 4 is 11.8 Å². The highest BCUT2D eigenvalue weighted by molar-refractivity contribution is 5.79. The lowest BCUT2D eigenvalue weighted by atomic mass is 10.1. The van der Waals surface area contributed by atoms with Crippen LogP contribution in [0.15, 0.2) is 35.3 Å². The number of benzene rings is 1. The van der Waals surface area contributed by atoms with Gasteiger partial charge in [-0.3, -0.25) is 9.89 Å². The van der Waals surface area contributed by atoms with E-state index in [1.807, 2.05) is 30.3 Å².